The summed E-state index contributed by atoms with van der Waals surface area (Å²) in [5.41, 5.74) is 0.832. The monoisotopic (exact) mass is 420 g/mol. The molecule has 6 nitrogen and oxygen atoms in total. The number of ether oxygens (including phenoxy) is 1. The molecule has 1 atom stereocenters. The predicted octanol–water partition coefficient (Wildman–Crippen LogP) is 3.57. The van der Waals surface area contributed by atoms with Crippen LogP contribution in [0, 0.1) is 18.7 Å². The molecule has 1 aliphatic rings. The van der Waals surface area contributed by atoms with Crippen molar-refractivity contribution in [3.63, 3.8) is 0 Å². The van der Waals surface area contributed by atoms with Crippen molar-refractivity contribution in [3.8, 4) is 5.75 Å². The Bertz CT molecular complexity index is 994. The Morgan fingerprint density at radius 2 is 2.03 bits per heavy atom. The standard InChI is InChI=1S/C21H25FN2O4S/c1-3-28-20-11-10-17(13-15(20)2)29(26,27)24-12-6-7-16(14-24)21(25)23-19-9-5-4-8-18(19)22/h4-5,8-11,13,16H,3,6-7,12,14H2,1-2H3,(H,23,25)/t16-/m1/s1. The van der Waals surface area contributed by atoms with Gasteiger partial charge in [0.05, 0.1) is 23.1 Å². The second-order valence-electron chi connectivity index (χ2n) is 7.03. The highest BCUT2D eigenvalue weighted by Crippen LogP contribution is 2.28. The first-order chi connectivity index (χ1) is 13.8. The molecule has 2 aromatic carbocycles. The number of hydrogen-bond donors (Lipinski definition) is 1. The highest BCUT2D eigenvalue weighted by molar-refractivity contribution is 7.89. The molecule has 0 unspecified atom stereocenters. The molecule has 2 aromatic rings. The number of rotatable bonds is 6. The van der Waals surface area contributed by atoms with Gasteiger partial charge in [-0.1, -0.05) is 12.1 Å². The first-order valence-corrected chi connectivity index (χ1v) is 11.1. The number of sulfonamides is 1. The molecule has 1 heterocycles. The first-order valence-electron chi connectivity index (χ1n) is 9.62. The second-order valence-corrected chi connectivity index (χ2v) is 8.97. The van der Waals surface area contributed by atoms with Crippen LogP contribution in [0.15, 0.2) is 47.4 Å². The lowest BCUT2D eigenvalue weighted by atomic mass is 9.98. The van der Waals surface area contributed by atoms with Crippen molar-refractivity contribution < 1.29 is 22.3 Å². The van der Waals surface area contributed by atoms with Gasteiger partial charge in [0.25, 0.3) is 0 Å². The molecular weight excluding hydrogens is 395 g/mol. The molecule has 1 amide bonds. The number of carbonyl (C=O) groups excluding carboxylic acids is 1. The summed E-state index contributed by atoms with van der Waals surface area (Å²) in [6, 6.07) is 10.7. The van der Waals surface area contributed by atoms with Crippen LogP contribution in [0.2, 0.25) is 0 Å². The summed E-state index contributed by atoms with van der Waals surface area (Å²) in [4.78, 5) is 12.8. The van der Waals surface area contributed by atoms with Gasteiger partial charge in [-0.15, -0.1) is 0 Å². The zero-order valence-corrected chi connectivity index (χ0v) is 17.3. The summed E-state index contributed by atoms with van der Waals surface area (Å²) < 4.78 is 46.8. The Morgan fingerprint density at radius 3 is 2.72 bits per heavy atom. The van der Waals surface area contributed by atoms with Gasteiger partial charge in [-0.05, 0) is 62.6 Å². The molecule has 29 heavy (non-hydrogen) atoms. The van der Waals surface area contributed by atoms with E-state index in [1.807, 2.05) is 6.92 Å². The van der Waals surface area contributed by atoms with Gasteiger partial charge in [-0.2, -0.15) is 4.31 Å². The van der Waals surface area contributed by atoms with Crippen LogP contribution in [0.5, 0.6) is 5.75 Å². The average Bonchev–Trinajstić information content (AvgIpc) is 2.71. The van der Waals surface area contributed by atoms with Gasteiger partial charge < -0.3 is 10.1 Å². The Kier molecular flexibility index (Phi) is 6.54. The Morgan fingerprint density at radius 1 is 1.28 bits per heavy atom. The number of hydrogen-bond acceptors (Lipinski definition) is 4. The minimum Gasteiger partial charge on any atom is -0.494 e. The minimum absolute atomic E-state index is 0.0644. The lowest BCUT2D eigenvalue weighted by molar-refractivity contribution is -0.120. The van der Waals surface area contributed by atoms with Crippen molar-refractivity contribution >= 4 is 21.6 Å². The third-order valence-electron chi connectivity index (χ3n) is 4.97. The Hall–Kier alpha value is -2.45. The second kappa shape index (κ2) is 8.92. The van der Waals surface area contributed by atoms with Crippen molar-refractivity contribution in [1.82, 2.24) is 4.31 Å². The molecule has 1 saturated heterocycles. The molecule has 1 fully saturated rings. The molecule has 0 spiro atoms. The van der Waals surface area contributed by atoms with Gasteiger partial charge in [-0.3, -0.25) is 4.79 Å². The zero-order chi connectivity index (χ0) is 21.0. The summed E-state index contributed by atoms with van der Waals surface area (Å²) in [6.45, 7) is 4.57. The molecule has 0 bridgehead atoms. The van der Waals surface area contributed by atoms with Gasteiger partial charge in [0.2, 0.25) is 15.9 Å². The molecule has 1 N–H and O–H groups in total. The van der Waals surface area contributed by atoms with E-state index in [1.165, 1.54) is 22.5 Å². The van der Waals surface area contributed by atoms with Crippen LogP contribution in [0.3, 0.4) is 0 Å². The molecule has 0 saturated carbocycles. The van der Waals surface area contributed by atoms with E-state index in [-0.39, 0.29) is 23.0 Å². The van der Waals surface area contributed by atoms with E-state index in [1.54, 1.807) is 31.2 Å². The van der Waals surface area contributed by atoms with Crippen molar-refractivity contribution in [1.29, 1.82) is 0 Å². The van der Waals surface area contributed by atoms with Crippen molar-refractivity contribution in [2.75, 3.05) is 25.0 Å². The van der Waals surface area contributed by atoms with Crippen LogP contribution in [-0.2, 0) is 14.8 Å². The van der Waals surface area contributed by atoms with Crippen molar-refractivity contribution in [2.45, 2.75) is 31.6 Å². The molecule has 0 aliphatic carbocycles. The first kappa shape index (κ1) is 21.3. The topological polar surface area (TPSA) is 75.7 Å². The molecule has 1 aliphatic heterocycles. The summed E-state index contributed by atoms with van der Waals surface area (Å²) in [5.74, 6) is -0.793. The van der Waals surface area contributed by atoms with Gasteiger partial charge in [0.1, 0.15) is 11.6 Å². The van der Waals surface area contributed by atoms with Gasteiger partial charge >= 0.3 is 0 Å². The molecule has 156 valence electrons. The summed E-state index contributed by atoms with van der Waals surface area (Å²) >= 11 is 0. The third-order valence-corrected chi connectivity index (χ3v) is 6.83. The number of carbonyl (C=O) groups is 1. The number of amides is 1. The smallest absolute Gasteiger partial charge is 0.243 e. The number of aryl methyl sites for hydroxylation is 1. The maximum Gasteiger partial charge on any atom is 0.243 e. The van der Waals surface area contributed by atoms with E-state index in [9.17, 15) is 17.6 Å². The van der Waals surface area contributed by atoms with E-state index in [0.717, 1.165) is 5.56 Å². The van der Waals surface area contributed by atoms with Crippen LogP contribution in [0.25, 0.3) is 0 Å². The highest BCUT2D eigenvalue weighted by Gasteiger charge is 2.33. The van der Waals surface area contributed by atoms with Crippen LogP contribution >= 0.6 is 0 Å². The van der Waals surface area contributed by atoms with E-state index in [4.69, 9.17) is 4.74 Å². The van der Waals surface area contributed by atoms with Gasteiger partial charge in [-0.25, -0.2) is 12.8 Å². The summed E-state index contributed by atoms with van der Waals surface area (Å²) in [7, 11) is -3.74. The fourth-order valence-electron chi connectivity index (χ4n) is 3.42. The average molecular weight is 421 g/mol. The number of halogens is 1. The molecule has 3 rings (SSSR count). The number of para-hydroxylation sites is 1. The van der Waals surface area contributed by atoms with E-state index >= 15 is 0 Å². The molecular formula is C21H25FN2O4S. The summed E-state index contributed by atoms with van der Waals surface area (Å²) in [5, 5.41) is 2.57. The van der Waals surface area contributed by atoms with E-state index in [0.29, 0.717) is 31.7 Å². The van der Waals surface area contributed by atoms with E-state index < -0.39 is 21.8 Å². The van der Waals surface area contributed by atoms with Gasteiger partial charge in [0, 0.05) is 13.1 Å². The quantitative estimate of drug-likeness (QED) is 0.775. The van der Waals surface area contributed by atoms with Crippen molar-refractivity contribution in [2.24, 2.45) is 5.92 Å². The number of anilines is 1. The molecule has 8 heteroatoms. The SMILES string of the molecule is CCOc1ccc(S(=O)(=O)N2CCC[C@@H](C(=O)Nc3ccccc3F)C2)cc1C. The lowest BCUT2D eigenvalue weighted by Gasteiger charge is -2.31. The lowest BCUT2D eigenvalue weighted by Crippen LogP contribution is -2.43. The fraction of sp³-hybridized carbons (Fsp3) is 0.381. The van der Waals surface area contributed by atoms with E-state index in [2.05, 4.69) is 5.32 Å². The minimum atomic E-state index is -3.74. The maximum absolute atomic E-state index is 13.8. The number of piperidine rings is 1. The van der Waals surface area contributed by atoms with Crippen LogP contribution < -0.4 is 10.1 Å². The van der Waals surface area contributed by atoms with Crippen molar-refractivity contribution in [3.05, 3.63) is 53.8 Å². The van der Waals surface area contributed by atoms with Crippen LogP contribution in [0.4, 0.5) is 10.1 Å². The molecule has 0 radical (unpaired) electrons. The van der Waals surface area contributed by atoms with Crippen LogP contribution in [-0.4, -0.2) is 38.3 Å². The largest absolute Gasteiger partial charge is 0.494 e. The van der Waals surface area contributed by atoms with Crippen LogP contribution in [0.1, 0.15) is 25.3 Å². The predicted molar refractivity (Wildman–Crippen MR) is 109 cm³/mol. The normalized spacial score (nSPS) is 17.7. The number of nitrogens with one attached hydrogen (secondary N) is 1. The zero-order valence-electron chi connectivity index (χ0n) is 16.5. The number of nitrogens with zero attached hydrogens (tertiary/aromatic N) is 1. The Labute approximate surface area is 170 Å². The highest BCUT2D eigenvalue weighted by atomic mass is 32.2. The number of benzene rings is 2. The fourth-order valence-corrected chi connectivity index (χ4v) is 5.03. The maximum atomic E-state index is 13.8. The third kappa shape index (κ3) is 4.76. The summed E-state index contributed by atoms with van der Waals surface area (Å²) in [6.07, 6.45) is 1.11. The van der Waals surface area contributed by atoms with Gasteiger partial charge in [0.15, 0.2) is 0 Å². The molecule has 0 aromatic heterocycles. The Balaban J connectivity index is 1.75.